The van der Waals surface area contributed by atoms with E-state index in [2.05, 4.69) is 19.2 Å². The first-order chi connectivity index (χ1) is 7.06. The number of likely N-dealkylation sites (N-methyl/N-ethyl adjacent to an activating group) is 1. The van der Waals surface area contributed by atoms with Crippen molar-refractivity contribution in [3.63, 3.8) is 0 Å². The van der Waals surface area contributed by atoms with E-state index in [0.717, 1.165) is 19.5 Å². The molecule has 1 N–H and O–H groups in total. The zero-order valence-corrected chi connectivity index (χ0v) is 11.6. The number of hydrogen-bond acceptors (Lipinski definition) is 2. The summed E-state index contributed by atoms with van der Waals surface area (Å²) in [5, 5.41) is 3.26. The molecule has 0 aromatic heterocycles. The summed E-state index contributed by atoms with van der Waals surface area (Å²) in [4.78, 5) is 14.1. The Morgan fingerprint density at radius 2 is 2.00 bits per heavy atom. The van der Waals surface area contributed by atoms with Crippen LogP contribution in [0.1, 0.15) is 33.6 Å². The third-order valence-electron chi connectivity index (χ3n) is 3.53. The molecule has 1 amide bonds. The average molecular weight is 249 g/mol. The molecule has 1 saturated heterocycles. The van der Waals surface area contributed by atoms with Crippen molar-refractivity contribution in [1.29, 1.82) is 0 Å². The molecule has 0 bridgehead atoms. The standard InChI is InChI=1S/C12H24N2O.ClH/c1-9(2)10(3)12(15)14-7-5-6-11(8-14)13-4;/h9-11,13H,5-8H2,1-4H3;1H. The molecule has 1 rings (SSSR count). The van der Waals surface area contributed by atoms with Gasteiger partial charge in [0.25, 0.3) is 0 Å². The molecule has 0 spiro atoms. The van der Waals surface area contributed by atoms with Gasteiger partial charge in [0.2, 0.25) is 5.91 Å². The number of nitrogens with one attached hydrogen (secondary N) is 1. The number of hydrogen-bond donors (Lipinski definition) is 1. The molecule has 1 heterocycles. The molecule has 3 nitrogen and oxygen atoms in total. The monoisotopic (exact) mass is 248 g/mol. The molecule has 1 aliphatic rings. The molecule has 2 unspecified atom stereocenters. The number of rotatable bonds is 3. The van der Waals surface area contributed by atoms with E-state index in [0.29, 0.717) is 17.9 Å². The van der Waals surface area contributed by atoms with Crippen LogP contribution in [0.3, 0.4) is 0 Å². The summed E-state index contributed by atoms with van der Waals surface area (Å²) in [5.41, 5.74) is 0. The van der Waals surface area contributed by atoms with Crippen LogP contribution in [0.5, 0.6) is 0 Å². The molecule has 0 aromatic rings. The second kappa shape index (κ2) is 7.13. The SMILES string of the molecule is CNC1CCCN(C(=O)C(C)C(C)C)C1.Cl. The van der Waals surface area contributed by atoms with Crippen molar-refractivity contribution < 1.29 is 4.79 Å². The smallest absolute Gasteiger partial charge is 0.225 e. The summed E-state index contributed by atoms with van der Waals surface area (Å²) >= 11 is 0. The van der Waals surface area contributed by atoms with Gasteiger partial charge in [-0.1, -0.05) is 20.8 Å². The molecule has 96 valence electrons. The minimum absolute atomic E-state index is 0. The van der Waals surface area contributed by atoms with E-state index in [9.17, 15) is 4.79 Å². The van der Waals surface area contributed by atoms with Crippen molar-refractivity contribution in [2.24, 2.45) is 11.8 Å². The van der Waals surface area contributed by atoms with Crippen LogP contribution >= 0.6 is 12.4 Å². The molecule has 16 heavy (non-hydrogen) atoms. The fourth-order valence-corrected chi connectivity index (χ4v) is 1.99. The van der Waals surface area contributed by atoms with Crippen LogP contribution in [0.25, 0.3) is 0 Å². The first kappa shape index (κ1) is 15.7. The second-order valence-electron chi connectivity index (χ2n) is 4.94. The normalized spacial score (nSPS) is 22.8. The van der Waals surface area contributed by atoms with Crippen molar-refractivity contribution in [3.05, 3.63) is 0 Å². The van der Waals surface area contributed by atoms with E-state index in [1.165, 1.54) is 6.42 Å². The highest BCUT2D eigenvalue weighted by Gasteiger charge is 2.27. The Labute approximate surface area is 105 Å². The van der Waals surface area contributed by atoms with Crippen LogP contribution in [-0.4, -0.2) is 37.0 Å². The van der Waals surface area contributed by atoms with Gasteiger partial charge in [-0.2, -0.15) is 0 Å². The third-order valence-corrected chi connectivity index (χ3v) is 3.53. The number of piperidine rings is 1. The van der Waals surface area contributed by atoms with Crippen LogP contribution in [0.15, 0.2) is 0 Å². The summed E-state index contributed by atoms with van der Waals surface area (Å²) in [7, 11) is 1.98. The lowest BCUT2D eigenvalue weighted by atomic mass is 9.95. The highest BCUT2D eigenvalue weighted by Crippen LogP contribution is 2.17. The summed E-state index contributed by atoms with van der Waals surface area (Å²) in [6, 6.07) is 0.488. The predicted molar refractivity (Wildman–Crippen MR) is 69.9 cm³/mol. The molecular formula is C12H25ClN2O. The van der Waals surface area contributed by atoms with E-state index < -0.39 is 0 Å². The van der Waals surface area contributed by atoms with Gasteiger partial charge in [-0.25, -0.2) is 0 Å². The molecule has 0 aromatic carbocycles. The summed E-state index contributed by atoms with van der Waals surface area (Å²) < 4.78 is 0. The van der Waals surface area contributed by atoms with E-state index in [-0.39, 0.29) is 18.3 Å². The average Bonchev–Trinajstić information content (AvgIpc) is 2.27. The zero-order chi connectivity index (χ0) is 11.4. The molecule has 4 heteroatoms. The molecule has 2 atom stereocenters. The lowest BCUT2D eigenvalue weighted by molar-refractivity contribution is -0.137. The van der Waals surface area contributed by atoms with Gasteiger partial charge >= 0.3 is 0 Å². The lowest BCUT2D eigenvalue weighted by Gasteiger charge is -2.35. The maximum atomic E-state index is 12.1. The lowest BCUT2D eigenvalue weighted by Crippen LogP contribution is -2.49. The Balaban J connectivity index is 0.00000225. The first-order valence-electron chi connectivity index (χ1n) is 6.02. The van der Waals surface area contributed by atoms with E-state index in [1.54, 1.807) is 0 Å². The molecule has 0 radical (unpaired) electrons. The number of nitrogens with zero attached hydrogens (tertiary/aromatic N) is 1. The van der Waals surface area contributed by atoms with Gasteiger partial charge in [0, 0.05) is 25.0 Å². The molecule has 1 fully saturated rings. The largest absolute Gasteiger partial charge is 0.341 e. The summed E-state index contributed by atoms with van der Waals surface area (Å²) in [5.74, 6) is 0.915. The van der Waals surface area contributed by atoms with Gasteiger partial charge in [0.1, 0.15) is 0 Å². The van der Waals surface area contributed by atoms with Gasteiger partial charge in [-0.3, -0.25) is 4.79 Å². The Morgan fingerprint density at radius 1 is 1.38 bits per heavy atom. The minimum atomic E-state index is 0. The Kier molecular flexibility index (Phi) is 7.00. The fourth-order valence-electron chi connectivity index (χ4n) is 1.99. The molecule has 0 aliphatic carbocycles. The van der Waals surface area contributed by atoms with Crippen LogP contribution in [0.2, 0.25) is 0 Å². The van der Waals surface area contributed by atoms with Crippen LogP contribution in [-0.2, 0) is 4.79 Å². The highest BCUT2D eigenvalue weighted by atomic mass is 35.5. The van der Waals surface area contributed by atoms with Gasteiger partial charge < -0.3 is 10.2 Å². The van der Waals surface area contributed by atoms with Gasteiger partial charge in [0.05, 0.1) is 0 Å². The molecule has 0 saturated carbocycles. The number of carbonyl (C=O) groups is 1. The maximum absolute atomic E-state index is 12.1. The van der Waals surface area contributed by atoms with E-state index in [1.807, 2.05) is 18.9 Å². The summed E-state index contributed by atoms with van der Waals surface area (Å²) in [6.07, 6.45) is 2.32. The first-order valence-corrected chi connectivity index (χ1v) is 6.02. The molecular weight excluding hydrogens is 224 g/mol. The van der Waals surface area contributed by atoms with E-state index >= 15 is 0 Å². The number of likely N-dealkylation sites (tertiary alicyclic amines) is 1. The number of halogens is 1. The Bertz CT molecular complexity index is 221. The minimum Gasteiger partial charge on any atom is -0.341 e. The van der Waals surface area contributed by atoms with Crippen LogP contribution in [0, 0.1) is 11.8 Å². The number of carbonyl (C=O) groups excluding carboxylic acids is 1. The molecule has 1 aliphatic heterocycles. The predicted octanol–water partition coefficient (Wildman–Crippen LogP) is 1.91. The van der Waals surface area contributed by atoms with E-state index in [4.69, 9.17) is 0 Å². The maximum Gasteiger partial charge on any atom is 0.225 e. The Hall–Kier alpha value is -0.280. The third kappa shape index (κ3) is 3.95. The second-order valence-corrected chi connectivity index (χ2v) is 4.94. The quantitative estimate of drug-likeness (QED) is 0.828. The van der Waals surface area contributed by atoms with Crippen molar-refractivity contribution in [3.8, 4) is 0 Å². The van der Waals surface area contributed by atoms with Crippen LogP contribution < -0.4 is 5.32 Å². The van der Waals surface area contributed by atoms with Crippen molar-refractivity contribution >= 4 is 18.3 Å². The fraction of sp³-hybridized carbons (Fsp3) is 0.917. The van der Waals surface area contributed by atoms with Gasteiger partial charge in [-0.05, 0) is 25.8 Å². The van der Waals surface area contributed by atoms with Crippen molar-refractivity contribution in [2.75, 3.05) is 20.1 Å². The van der Waals surface area contributed by atoms with Crippen molar-refractivity contribution in [2.45, 2.75) is 39.7 Å². The van der Waals surface area contributed by atoms with Crippen molar-refractivity contribution in [1.82, 2.24) is 10.2 Å². The van der Waals surface area contributed by atoms with Gasteiger partial charge in [0.15, 0.2) is 0 Å². The van der Waals surface area contributed by atoms with Crippen LogP contribution in [0.4, 0.5) is 0 Å². The highest BCUT2D eigenvalue weighted by molar-refractivity contribution is 5.85. The van der Waals surface area contributed by atoms with Gasteiger partial charge in [-0.15, -0.1) is 12.4 Å². The summed E-state index contributed by atoms with van der Waals surface area (Å²) in [6.45, 7) is 8.08. The topological polar surface area (TPSA) is 32.3 Å². The number of amides is 1. The zero-order valence-electron chi connectivity index (χ0n) is 10.8. The Morgan fingerprint density at radius 3 is 2.50 bits per heavy atom.